The second-order valence-corrected chi connectivity index (χ2v) is 7.00. The Balaban J connectivity index is 1.60. The monoisotopic (exact) mass is 351 g/mol. The molecule has 0 spiro atoms. The zero-order valence-corrected chi connectivity index (χ0v) is 14.9. The van der Waals surface area contributed by atoms with Crippen LogP contribution in [-0.4, -0.2) is 23.0 Å². The fraction of sp³-hybridized carbons (Fsp3) is 0.364. The van der Waals surface area contributed by atoms with Crippen LogP contribution in [-0.2, 0) is 17.6 Å². The molecule has 1 fully saturated rings. The number of carbonyl (C=O) groups is 2. The number of carbonyl (C=O) groups excluding carboxylic acids is 1. The smallest absolute Gasteiger partial charge is 0.306 e. The van der Waals surface area contributed by atoms with Crippen LogP contribution in [0.1, 0.15) is 47.2 Å². The lowest BCUT2D eigenvalue weighted by atomic mass is 9.86. The van der Waals surface area contributed by atoms with Crippen LogP contribution in [0.5, 0.6) is 0 Å². The van der Waals surface area contributed by atoms with Gasteiger partial charge in [-0.2, -0.15) is 0 Å². The van der Waals surface area contributed by atoms with Crippen molar-refractivity contribution >= 4 is 11.9 Å². The Morgan fingerprint density at radius 2 is 1.54 bits per heavy atom. The van der Waals surface area contributed by atoms with E-state index in [4.69, 9.17) is 5.11 Å². The van der Waals surface area contributed by atoms with E-state index in [2.05, 4.69) is 17.4 Å². The zero-order valence-electron chi connectivity index (χ0n) is 14.9. The number of rotatable bonds is 6. The first-order chi connectivity index (χ1) is 12.6. The Morgan fingerprint density at radius 3 is 2.23 bits per heavy atom. The maximum atomic E-state index is 12.7. The van der Waals surface area contributed by atoms with Crippen molar-refractivity contribution in [1.29, 1.82) is 0 Å². The third-order valence-electron chi connectivity index (χ3n) is 5.20. The molecule has 0 radical (unpaired) electrons. The molecule has 4 nitrogen and oxygen atoms in total. The van der Waals surface area contributed by atoms with Gasteiger partial charge < -0.3 is 10.4 Å². The minimum atomic E-state index is -0.721. The third kappa shape index (κ3) is 4.72. The van der Waals surface area contributed by atoms with Gasteiger partial charge in [-0.25, -0.2) is 0 Å². The standard InChI is InChI=1S/C22H25NO3/c24-21(23-19-14-12-18(13-15-19)22(25)26)20-9-5-4-8-17(20)11-10-16-6-2-1-3-7-16/h1-9,18-19H,10-15H2,(H,23,24)(H,25,26). The summed E-state index contributed by atoms with van der Waals surface area (Å²) < 4.78 is 0. The summed E-state index contributed by atoms with van der Waals surface area (Å²) in [6.45, 7) is 0. The van der Waals surface area contributed by atoms with E-state index in [1.165, 1.54) is 5.56 Å². The Hall–Kier alpha value is -2.62. The van der Waals surface area contributed by atoms with Crippen LogP contribution >= 0.6 is 0 Å². The number of amides is 1. The van der Waals surface area contributed by atoms with E-state index in [1.807, 2.05) is 42.5 Å². The van der Waals surface area contributed by atoms with E-state index in [-0.39, 0.29) is 17.9 Å². The highest BCUT2D eigenvalue weighted by Gasteiger charge is 2.27. The highest BCUT2D eigenvalue weighted by molar-refractivity contribution is 5.95. The van der Waals surface area contributed by atoms with Crippen LogP contribution in [0.15, 0.2) is 54.6 Å². The number of carboxylic acids is 1. The number of hydrogen-bond acceptors (Lipinski definition) is 2. The van der Waals surface area contributed by atoms with Gasteiger partial charge in [-0.05, 0) is 55.7 Å². The van der Waals surface area contributed by atoms with Gasteiger partial charge in [0.1, 0.15) is 0 Å². The predicted octanol–water partition coefficient (Wildman–Crippen LogP) is 3.85. The molecule has 4 heteroatoms. The minimum Gasteiger partial charge on any atom is -0.481 e. The van der Waals surface area contributed by atoms with E-state index in [0.29, 0.717) is 12.8 Å². The molecule has 1 amide bonds. The number of hydrogen-bond donors (Lipinski definition) is 2. The quantitative estimate of drug-likeness (QED) is 0.831. The molecule has 2 N–H and O–H groups in total. The summed E-state index contributed by atoms with van der Waals surface area (Å²) in [5.74, 6) is -1.03. The second kappa shape index (κ2) is 8.65. The number of carboxylic acid groups (broad SMARTS) is 1. The van der Waals surface area contributed by atoms with Crippen molar-refractivity contribution in [2.75, 3.05) is 0 Å². The summed E-state index contributed by atoms with van der Waals surface area (Å²) in [4.78, 5) is 23.8. The highest BCUT2D eigenvalue weighted by Crippen LogP contribution is 2.25. The second-order valence-electron chi connectivity index (χ2n) is 7.00. The Labute approximate surface area is 154 Å². The average molecular weight is 351 g/mol. The van der Waals surface area contributed by atoms with Crippen LogP contribution in [0.25, 0.3) is 0 Å². The Bertz CT molecular complexity index is 749. The van der Waals surface area contributed by atoms with Gasteiger partial charge >= 0.3 is 5.97 Å². The molecule has 1 saturated carbocycles. The molecule has 2 aromatic carbocycles. The molecule has 1 aliphatic carbocycles. The fourth-order valence-electron chi connectivity index (χ4n) is 3.63. The largest absolute Gasteiger partial charge is 0.481 e. The molecular formula is C22H25NO3. The first-order valence-electron chi connectivity index (χ1n) is 9.29. The number of aryl methyl sites for hydroxylation is 2. The van der Waals surface area contributed by atoms with Gasteiger partial charge in [-0.15, -0.1) is 0 Å². The zero-order chi connectivity index (χ0) is 18.4. The minimum absolute atomic E-state index is 0.0487. The van der Waals surface area contributed by atoms with Crippen LogP contribution in [0, 0.1) is 5.92 Å². The Morgan fingerprint density at radius 1 is 0.885 bits per heavy atom. The number of benzene rings is 2. The molecule has 0 bridgehead atoms. The van der Waals surface area contributed by atoms with Gasteiger partial charge in [0.25, 0.3) is 5.91 Å². The molecule has 0 aromatic heterocycles. The maximum Gasteiger partial charge on any atom is 0.306 e. The number of nitrogens with one attached hydrogen (secondary N) is 1. The van der Waals surface area contributed by atoms with Crippen LogP contribution in [0.3, 0.4) is 0 Å². The van der Waals surface area contributed by atoms with Crippen molar-refractivity contribution in [3.63, 3.8) is 0 Å². The van der Waals surface area contributed by atoms with Gasteiger partial charge in [0.05, 0.1) is 5.92 Å². The van der Waals surface area contributed by atoms with Crippen LogP contribution < -0.4 is 5.32 Å². The van der Waals surface area contributed by atoms with E-state index < -0.39 is 5.97 Å². The summed E-state index contributed by atoms with van der Waals surface area (Å²) >= 11 is 0. The van der Waals surface area contributed by atoms with Crippen molar-refractivity contribution in [2.24, 2.45) is 5.92 Å². The molecular weight excluding hydrogens is 326 g/mol. The van der Waals surface area contributed by atoms with Gasteiger partial charge in [0, 0.05) is 11.6 Å². The SMILES string of the molecule is O=C(NC1CCC(C(=O)O)CC1)c1ccccc1CCc1ccccc1. The summed E-state index contributed by atoms with van der Waals surface area (Å²) in [7, 11) is 0. The summed E-state index contributed by atoms with van der Waals surface area (Å²) in [5.41, 5.74) is 3.03. The van der Waals surface area contributed by atoms with Crippen molar-refractivity contribution in [1.82, 2.24) is 5.32 Å². The van der Waals surface area contributed by atoms with E-state index in [9.17, 15) is 9.59 Å². The first-order valence-corrected chi connectivity index (χ1v) is 9.29. The van der Waals surface area contributed by atoms with E-state index in [1.54, 1.807) is 0 Å². The van der Waals surface area contributed by atoms with Crippen molar-refractivity contribution in [2.45, 2.75) is 44.6 Å². The molecule has 0 atom stereocenters. The maximum absolute atomic E-state index is 12.7. The van der Waals surface area contributed by atoms with E-state index >= 15 is 0 Å². The molecule has 0 saturated heterocycles. The predicted molar refractivity (Wildman–Crippen MR) is 101 cm³/mol. The fourth-order valence-corrected chi connectivity index (χ4v) is 3.63. The third-order valence-corrected chi connectivity index (χ3v) is 5.20. The average Bonchev–Trinajstić information content (AvgIpc) is 2.68. The van der Waals surface area contributed by atoms with Gasteiger partial charge in [-0.1, -0.05) is 48.5 Å². The first kappa shape index (κ1) is 18.2. The normalized spacial score (nSPS) is 19.7. The van der Waals surface area contributed by atoms with Gasteiger partial charge in [0.2, 0.25) is 0 Å². The summed E-state index contributed by atoms with van der Waals surface area (Å²) in [6, 6.07) is 18.1. The van der Waals surface area contributed by atoms with E-state index in [0.717, 1.165) is 36.8 Å². The molecule has 26 heavy (non-hydrogen) atoms. The summed E-state index contributed by atoms with van der Waals surface area (Å²) in [5, 5.41) is 12.2. The van der Waals surface area contributed by atoms with Crippen molar-refractivity contribution in [3.8, 4) is 0 Å². The van der Waals surface area contributed by atoms with Crippen molar-refractivity contribution < 1.29 is 14.7 Å². The molecule has 3 rings (SSSR count). The van der Waals surface area contributed by atoms with Crippen LogP contribution in [0.2, 0.25) is 0 Å². The molecule has 0 heterocycles. The van der Waals surface area contributed by atoms with Crippen LogP contribution in [0.4, 0.5) is 0 Å². The van der Waals surface area contributed by atoms with Gasteiger partial charge in [-0.3, -0.25) is 9.59 Å². The highest BCUT2D eigenvalue weighted by atomic mass is 16.4. The lowest BCUT2D eigenvalue weighted by Gasteiger charge is -2.27. The summed E-state index contributed by atoms with van der Waals surface area (Å²) in [6.07, 6.45) is 4.45. The number of aliphatic carboxylic acids is 1. The molecule has 2 aromatic rings. The topological polar surface area (TPSA) is 66.4 Å². The Kier molecular flexibility index (Phi) is 6.05. The molecule has 136 valence electrons. The lowest BCUT2D eigenvalue weighted by Crippen LogP contribution is -2.39. The molecule has 0 unspecified atom stereocenters. The van der Waals surface area contributed by atoms with Crippen molar-refractivity contribution in [3.05, 3.63) is 71.3 Å². The lowest BCUT2D eigenvalue weighted by molar-refractivity contribution is -0.142. The molecule has 1 aliphatic rings. The molecule has 0 aliphatic heterocycles. The van der Waals surface area contributed by atoms with Gasteiger partial charge in [0.15, 0.2) is 0 Å².